The third kappa shape index (κ3) is 6.28. The lowest BCUT2D eigenvalue weighted by Crippen LogP contribution is -3.00. The summed E-state index contributed by atoms with van der Waals surface area (Å²) >= 11 is 9.84. The van der Waals surface area contributed by atoms with Crippen LogP contribution in [0.2, 0.25) is 5.02 Å². The Hall–Kier alpha value is -0.940. The molecule has 0 aromatic heterocycles. The fourth-order valence-corrected chi connectivity index (χ4v) is 4.14. The van der Waals surface area contributed by atoms with Crippen LogP contribution < -0.4 is 27.2 Å². The SMILES string of the molecule is COc1cc(CNC2CCCCC2)cc(Br)c1OCc1ccccc1Cl.[Cl-]. The van der Waals surface area contributed by atoms with E-state index in [0.717, 1.165) is 22.3 Å². The Morgan fingerprint density at radius 2 is 1.89 bits per heavy atom. The van der Waals surface area contributed by atoms with Gasteiger partial charge in [0.1, 0.15) is 6.61 Å². The molecule has 27 heavy (non-hydrogen) atoms. The zero-order chi connectivity index (χ0) is 18.4. The Kier molecular flexibility index (Phi) is 9.24. The quantitative estimate of drug-likeness (QED) is 0.670. The van der Waals surface area contributed by atoms with E-state index in [-0.39, 0.29) is 12.4 Å². The van der Waals surface area contributed by atoms with Gasteiger partial charge in [-0.05, 0) is 52.5 Å². The second-order valence-electron chi connectivity index (χ2n) is 6.70. The van der Waals surface area contributed by atoms with Crippen LogP contribution in [-0.2, 0) is 13.2 Å². The molecule has 1 aliphatic rings. The molecule has 0 spiro atoms. The minimum atomic E-state index is 0. The highest BCUT2D eigenvalue weighted by atomic mass is 79.9. The summed E-state index contributed by atoms with van der Waals surface area (Å²) in [4.78, 5) is 0. The maximum Gasteiger partial charge on any atom is 0.175 e. The summed E-state index contributed by atoms with van der Waals surface area (Å²) in [7, 11) is 1.67. The number of benzene rings is 2. The van der Waals surface area contributed by atoms with E-state index in [1.807, 2.05) is 30.3 Å². The molecule has 0 radical (unpaired) electrons. The van der Waals surface area contributed by atoms with Gasteiger partial charge in [-0.2, -0.15) is 0 Å². The predicted octanol–water partition coefficient (Wildman–Crippen LogP) is 3.12. The van der Waals surface area contributed by atoms with Crippen molar-refractivity contribution in [1.82, 2.24) is 5.32 Å². The average Bonchev–Trinajstić information content (AvgIpc) is 2.67. The molecular weight excluding hydrogens is 449 g/mol. The van der Waals surface area contributed by atoms with Crippen LogP contribution in [0.1, 0.15) is 43.2 Å². The molecule has 1 fully saturated rings. The molecule has 1 N–H and O–H groups in total. The van der Waals surface area contributed by atoms with Gasteiger partial charge in [-0.3, -0.25) is 0 Å². The number of rotatable bonds is 7. The van der Waals surface area contributed by atoms with Crippen molar-refractivity contribution in [3.8, 4) is 11.5 Å². The molecule has 0 aliphatic heterocycles. The van der Waals surface area contributed by atoms with E-state index in [2.05, 4.69) is 27.3 Å². The summed E-state index contributed by atoms with van der Waals surface area (Å²) < 4.78 is 12.5. The lowest BCUT2D eigenvalue weighted by Gasteiger charge is -2.23. The van der Waals surface area contributed by atoms with Crippen LogP contribution in [0, 0.1) is 0 Å². The summed E-state index contributed by atoms with van der Waals surface area (Å²) in [5.74, 6) is 1.43. The Labute approximate surface area is 181 Å². The van der Waals surface area contributed by atoms with Crippen LogP contribution >= 0.6 is 27.5 Å². The van der Waals surface area contributed by atoms with Crippen LogP contribution in [0.4, 0.5) is 0 Å². The number of methoxy groups -OCH3 is 1. The van der Waals surface area contributed by atoms with Gasteiger partial charge in [0.15, 0.2) is 11.5 Å². The Morgan fingerprint density at radius 1 is 1.15 bits per heavy atom. The van der Waals surface area contributed by atoms with Crippen LogP contribution in [0.3, 0.4) is 0 Å². The number of nitrogens with one attached hydrogen (secondary N) is 1. The van der Waals surface area contributed by atoms with Gasteiger partial charge in [0.05, 0.1) is 11.6 Å². The van der Waals surface area contributed by atoms with E-state index in [1.165, 1.54) is 37.7 Å². The fourth-order valence-electron chi connectivity index (χ4n) is 3.35. The van der Waals surface area contributed by atoms with Crippen molar-refractivity contribution in [1.29, 1.82) is 0 Å². The first-order chi connectivity index (χ1) is 12.7. The molecule has 3 nitrogen and oxygen atoms in total. The van der Waals surface area contributed by atoms with Crippen molar-refractivity contribution < 1.29 is 21.9 Å². The highest BCUT2D eigenvalue weighted by Gasteiger charge is 2.15. The van der Waals surface area contributed by atoms with Gasteiger partial charge in [-0.1, -0.05) is 49.1 Å². The minimum Gasteiger partial charge on any atom is -1.00 e. The summed E-state index contributed by atoms with van der Waals surface area (Å²) in [5, 5.41) is 4.37. The van der Waals surface area contributed by atoms with Crippen LogP contribution in [0.25, 0.3) is 0 Å². The van der Waals surface area contributed by atoms with E-state index in [4.69, 9.17) is 21.1 Å². The standard InChI is InChI=1S/C21H25BrClNO2.ClH/c1-25-20-12-15(13-24-17-8-3-2-4-9-17)11-18(22)21(20)26-14-16-7-5-6-10-19(16)23;/h5-7,10-12,17,24H,2-4,8-9,13-14H2,1H3;1H/p-1. The highest BCUT2D eigenvalue weighted by Crippen LogP contribution is 2.37. The molecule has 148 valence electrons. The topological polar surface area (TPSA) is 30.5 Å². The highest BCUT2D eigenvalue weighted by molar-refractivity contribution is 9.10. The summed E-state index contributed by atoms with van der Waals surface area (Å²) in [6, 6.07) is 12.5. The van der Waals surface area contributed by atoms with Crippen molar-refractivity contribution in [3.05, 3.63) is 57.0 Å². The van der Waals surface area contributed by atoms with Crippen molar-refractivity contribution in [2.75, 3.05) is 7.11 Å². The molecule has 0 unspecified atom stereocenters. The number of hydrogen-bond acceptors (Lipinski definition) is 3. The lowest BCUT2D eigenvalue weighted by atomic mass is 9.95. The van der Waals surface area contributed by atoms with E-state index >= 15 is 0 Å². The number of halogens is 3. The molecule has 1 aliphatic carbocycles. The largest absolute Gasteiger partial charge is 1.00 e. The Bertz CT molecular complexity index is 736. The molecule has 0 amide bonds. The number of ether oxygens (including phenoxy) is 2. The molecule has 0 atom stereocenters. The van der Waals surface area contributed by atoms with Gasteiger partial charge < -0.3 is 27.2 Å². The Balaban J connectivity index is 0.00000261. The van der Waals surface area contributed by atoms with Crippen molar-refractivity contribution in [2.24, 2.45) is 0 Å². The summed E-state index contributed by atoms with van der Waals surface area (Å²) in [5.41, 5.74) is 2.13. The van der Waals surface area contributed by atoms with Gasteiger partial charge >= 0.3 is 0 Å². The van der Waals surface area contributed by atoms with E-state index in [1.54, 1.807) is 7.11 Å². The zero-order valence-corrected chi connectivity index (χ0v) is 18.5. The van der Waals surface area contributed by atoms with Crippen LogP contribution in [-0.4, -0.2) is 13.2 Å². The first kappa shape index (κ1) is 22.4. The first-order valence-electron chi connectivity index (χ1n) is 9.13. The monoisotopic (exact) mass is 472 g/mol. The molecule has 1 saturated carbocycles. The molecule has 2 aromatic rings. The normalized spacial score (nSPS) is 14.5. The second kappa shape index (κ2) is 11.2. The van der Waals surface area contributed by atoms with Gasteiger partial charge in [0, 0.05) is 23.2 Å². The van der Waals surface area contributed by atoms with E-state index in [9.17, 15) is 0 Å². The van der Waals surface area contributed by atoms with Gasteiger partial charge in [-0.15, -0.1) is 0 Å². The maximum atomic E-state index is 6.21. The summed E-state index contributed by atoms with van der Waals surface area (Å²) in [6.07, 6.45) is 6.59. The smallest absolute Gasteiger partial charge is 0.175 e. The number of hydrogen-bond donors (Lipinski definition) is 1. The van der Waals surface area contributed by atoms with Crippen LogP contribution in [0.5, 0.6) is 11.5 Å². The molecular formula is C21H25BrCl2NO2-. The van der Waals surface area contributed by atoms with Crippen molar-refractivity contribution in [2.45, 2.75) is 51.3 Å². The van der Waals surface area contributed by atoms with Gasteiger partial charge in [0.2, 0.25) is 0 Å². The molecule has 6 heteroatoms. The third-order valence-electron chi connectivity index (χ3n) is 4.82. The summed E-state index contributed by atoms with van der Waals surface area (Å²) in [6.45, 7) is 1.23. The molecule has 2 aromatic carbocycles. The average molecular weight is 474 g/mol. The first-order valence-corrected chi connectivity index (χ1v) is 10.3. The molecule has 0 bridgehead atoms. The van der Waals surface area contributed by atoms with E-state index in [0.29, 0.717) is 23.4 Å². The fraction of sp³-hybridized carbons (Fsp3) is 0.429. The predicted molar refractivity (Wildman–Crippen MR) is 110 cm³/mol. The van der Waals surface area contributed by atoms with Crippen LogP contribution in [0.15, 0.2) is 40.9 Å². The van der Waals surface area contributed by atoms with Gasteiger partial charge in [-0.25, -0.2) is 0 Å². The molecule has 0 heterocycles. The molecule has 0 saturated heterocycles. The second-order valence-corrected chi connectivity index (χ2v) is 7.97. The van der Waals surface area contributed by atoms with Crippen molar-refractivity contribution in [3.63, 3.8) is 0 Å². The maximum absolute atomic E-state index is 6.21. The lowest BCUT2D eigenvalue weighted by molar-refractivity contribution is -0.00000574. The zero-order valence-electron chi connectivity index (χ0n) is 15.4. The Morgan fingerprint density at radius 3 is 2.59 bits per heavy atom. The van der Waals surface area contributed by atoms with E-state index < -0.39 is 0 Å². The molecule has 3 rings (SSSR count). The van der Waals surface area contributed by atoms with Gasteiger partial charge in [0.25, 0.3) is 0 Å². The minimum absolute atomic E-state index is 0. The third-order valence-corrected chi connectivity index (χ3v) is 5.78. The van der Waals surface area contributed by atoms with Crippen molar-refractivity contribution >= 4 is 27.5 Å².